The van der Waals surface area contributed by atoms with Crippen molar-refractivity contribution in [3.8, 4) is 45.8 Å². The molecule has 2 aromatic carbocycles. The van der Waals surface area contributed by atoms with Gasteiger partial charge in [-0.1, -0.05) is 0 Å². The van der Waals surface area contributed by atoms with Gasteiger partial charge in [0.2, 0.25) is 24.1 Å². The molecule has 2 fully saturated rings. The molecule has 246 valence electrons. The molecule has 2 saturated heterocycles. The molecule has 5 rings (SSSR count). The highest BCUT2D eigenvalue weighted by atomic mass is 16.7. The zero-order chi connectivity index (χ0) is 32.7. The molecule has 0 radical (unpaired) electrons. The summed E-state index contributed by atoms with van der Waals surface area (Å²) in [5.41, 5.74) is 0.203. The second-order valence-electron chi connectivity index (χ2n) is 10.6. The van der Waals surface area contributed by atoms with E-state index in [-0.39, 0.29) is 56.8 Å². The quantitative estimate of drug-likeness (QED) is 0.137. The predicted octanol–water partition coefficient (Wildman–Crippen LogP) is -0.806. The first-order valence-electron chi connectivity index (χ1n) is 13.8. The summed E-state index contributed by atoms with van der Waals surface area (Å²) in [6, 6.07) is 6.51. The van der Waals surface area contributed by atoms with Crippen molar-refractivity contribution < 1.29 is 78.8 Å². The van der Waals surface area contributed by atoms with Crippen LogP contribution in [0.15, 0.2) is 34.7 Å². The van der Waals surface area contributed by atoms with E-state index >= 15 is 0 Å². The first kappa shape index (κ1) is 32.7. The Morgan fingerprint density at radius 2 is 1.27 bits per heavy atom. The van der Waals surface area contributed by atoms with E-state index in [4.69, 9.17) is 32.8 Å². The van der Waals surface area contributed by atoms with E-state index in [0.717, 1.165) is 6.07 Å². The molecule has 45 heavy (non-hydrogen) atoms. The first-order valence-corrected chi connectivity index (χ1v) is 13.8. The maximum absolute atomic E-state index is 10.7. The van der Waals surface area contributed by atoms with E-state index in [0.29, 0.717) is 0 Å². The van der Waals surface area contributed by atoms with Crippen molar-refractivity contribution in [3.63, 3.8) is 0 Å². The monoisotopic (exact) mass is 639 g/mol. The van der Waals surface area contributed by atoms with E-state index in [1.54, 1.807) is 0 Å². The van der Waals surface area contributed by atoms with Gasteiger partial charge < -0.3 is 74.4 Å². The van der Waals surface area contributed by atoms with Gasteiger partial charge in [0.25, 0.3) is 0 Å². The van der Waals surface area contributed by atoms with Crippen molar-refractivity contribution in [2.24, 2.45) is 0 Å². The van der Waals surface area contributed by atoms with Crippen LogP contribution in [0.25, 0.3) is 22.3 Å². The molecule has 0 spiro atoms. The number of benzene rings is 2. The van der Waals surface area contributed by atoms with Crippen LogP contribution in [0.1, 0.15) is 6.92 Å². The Balaban J connectivity index is 1.65. The summed E-state index contributed by atoms with van der Waals surface area (Å²) in [4.78, 5) is 0. The number of aromatic hydroxyl groups is 2. The Labute approximate surface area is 255 Å². The van der Waals surface area contributed by atoms with Crippen molar-refractivity contribution in [1.29, 1.82) is 0 Å². The Kier molecular flexibility index (Phi) is 9.41. The molecule has 16 heteroatoms. The number of hydrogen-bond donors (Lipinski definition) is 9. The molecule has 3 aromatic rings. The van der Waals surface area contributed by atoms with Crippen LogP contribution in [0.3, 0.4) is 0 Å². The molecule has 0 amide bonds. The van der Waals surface area contributed by atoms with Crippen molar-refractivity contribution in [2.75, 3.05) is 20.8 Å². The Hall–Kier alpha value is -3.71. The lowest BCUT2D eigenvalue weighted by Crippen LogP contribution is -2.60. The van der Waals surface area contributed by atoms with Gasteiger partial charge in [-0.05, 0) is 6.92 Å². The molecule has 16 nitrogen and oxygen atoms in total. The molecule has 3 heterocycles. The van der Waals surface area contributed by atoms with Gasteiger partial charge in [0, 0.05) is 24.3 Å². The van der Waals surface area contributed by atoms with Gasteiger partial charge in [-0.2, -0.15) is 0 Å². The van der Waals surface area contributed by atoms with Gasteiger partial charge in [-0.3, -0.25) is 0 Å². The average molecular weight is 640 g/mol. The average Bonchev–Trinajstić information content (AvgIpc) is 3.02. The molecular weight excluding hydrogens is 604 g/mol. The minimum Gasteiger partial charge on any atom is -0.507 e. The number of aliphatic hydroxyl groups is 7. The van der Waals surface area contributed by atoms with Crippen molar-refractivity contribution >= 4 is 11.0 Å². The van der Waals surface area contributed by atoms with Crippen molar-refractivity contribution in [2.45, 2.75) is 68.3 Å². The molecule has 0 bridgehead atoms. The Morgan fingerprint density at radius 3 is 1.87 bits per heavy atom. The maximum Gasteiger partial charge on any atom is 0.402 e. The lowest BCUT2D eigenvalue weighted by atomic mass is 9.99. The molecule has 0 unspecified atom stereocenters. The van der Waals surface area contributed by atoms with Gasteiger partial charge in [0.15, 0.2) is 11.5 Å². The summed E-state index contributed by atoms with van der Waals surface area (Å²) in [5.74, 6) is -1.04. The van der Waals surface area contributed by atoms with Crippen LogP contribution < -0.4 is 18.9 Å². The number of hydrogen-bond acceptors (Lipinski definition) is 15. The highest BCUT2D eigenvalue weighted by Gasteiger charge is 2.46. The number of ether oxygens (including phenoxy) is 6. The third kappa shape index (κ3) is 6.11. The number of aliphatic hydroxyl groups excluding tert-OH is 7. The van der Waals surface area contributed by atoms with Crippen LogP contribution >= 0.6 is 0 Å². The fourth-order valence-electron chi connectivity index (χ4n) is 5.11. The van der Waals surface area contributed by atoms with Crippen LogP contribution in [0.4, 0.5) is 0 Å². The van der Waals surface area contributed by atoms with E-state index in [9.17, 15) is 46.0 Å². The second-order valence-corrected chi connectivity index (χ2v) is 10.6. The normalized spacial score (nSPS) is 31.9. The fourth-order valence-corrected chi connectivity index (χ4v) is 5.11. The van der Waals surface area contributed by atoms with Gasteiger partial charge in [-0.15, -0.1) is 0 Å². The smallest absolute Gasteiger partial charge is 0.402 e. The topological polar surface area (TPSA) is 249 Å². The van der Waals surface area contributed by atoms with E-state index in [1.165, 1.54) is 45.4 Å². The summed E-state index contributed by atoms with van der Waals surface area (Å²) in [5, 5.41) is 92.7. The molecule has 9 N–H and O–H groups in total. The third-order valence-electron chi connectivity index (χ3n) is 7.69. The van der Waals surface area contributed by atoms with E-state index in [1.807, 2.05) is 0 Å². The van der Waals surface area contributed by atoms with Gasteiger partial charge >= 0.3 is 11.3 Å². The minimum absolute atomic E-state index is 0.00531. The van der Waals surface area contributed by atoms with E-state index in [2.05, 4.69) is 0 Å². The Bertz CT molecular complexity index is 1490. The number of fused-ring (bicyclic) bond motifs is 1. The lowest BCUT2D eigenvalue weighted by molar-refractivity contribution is -0.277. The second kappa shape index (κ2) is 13.0. The Morgan fingerprint density at radius 1 is 0.689 bits per heavy atom. The van der Waals surface area contributed by atoms with Crippen LogP contribution in [-0.4, -0.2) is 128 Å². The number of phenolic OH excluding ortho intramolecular Hbond substituents is 2. The van der Waals surface area contributed by atoms with Gasteiger partial charge in [0.05, 0.1) is 38.6 Å². The van der Waals surface area contributed by atoms with E-state index < -0.39 is 68.0 Å². The first-order chi connectivity index (χ1) is 21.4. The molecular formula is C29H35O16+. The predicted molar refractivity (Wildman–Crippen MR) is 150 cm³/mol. The van der Waals surface area contributed by atoms with Crippen molar-refractivity contribution in [3.05, 3.63) is 30.3 Å². The summed E-state index contributed by atoms with van der Waals surface area (Å²) >= 11 is 0. The highest BCUT2D eigenvalue weighted by Crippen LogP contribution is 2.46. The summed E-state index contributed by atoms with van der Waals surface area (Å²) < 4.78 is 39.5. The minimum atomic E-state index is -1.77. The molecule has 2 aliphatic heterocycles. The highest BCUT2D eigenvalue weighted by molar-refractivity contribution is 5.89. The summed E-state index contributed by atoms with van der Waals surface area (Å²) in [6.45, 7) is 0.761. The fraction of sp³-hybridized carbons (Fsp3) is 0.483. The molecule has 0 saturated carbocycles. The molecule has 1 aromatic heterocycles. The zero-order valence-electron chi connectivity index (χ0n) is 24.3. The number of rotatable bonds is 8. The van der Waals surface area contributed by atoms with Crippen LogP contribution in [0.5, 0.6) is 34.5 Å². The molecule has 10 atom stereocenters. The van der Waals surface area contributed by atoms with Crippen LogP contribution in [0, 0.1) is 0 Å². The van der Waals surface area contributed by atoms with Crippen LogP contribution in [0.2, 0.25) is 0 Å². The SMILES string of the molecule is COc1cc(-c2[o+]c3cc(O)cc(O[C@@H]4O[C@@H](CO)[C@@H](O)[C@H](O)[C@@H]4O)c3cc2O[C@@H]2O[C@H](C)[C@H](O)[C@@H](O)[C@@H]2O)cc(OC)c1O. The molecule has 0 aliphatic carbocycles. The maximum atomic E-state index is 10.7. The molecule has 2 aliphatic rings. The summed E-state index contributed by atoms with van der Waals surface area (Å²) in [7, 11) is 2.63. The van der Waals surface area contributed by atoms with Crippen molar-refractivity contribution in [1.82, 2.24) is 0 Å². The lowest BCUT2D eigenvalue weighted by Gasteiger charge is -2.39. The van der Waals surface area contributed by atoms with Gasteiger partial charge in [-0.25, -0.2) is 4.42 Å². The summed E-state index contributed by atoms with van der Waals surface area (Å²) in [6.07, 6.45) is -15.3. The third-order valence-corrected chi connectivity index (χ3v) is 7.69. The van der Waals surface area contributed by atoms with Crippen LogP contribution in [-0.2, 0) is 9.47 Å². The number of phenols is 2. The largest absolute Gasteiger partial charge is 0.507 e. The standard InChI is InChI=1S/C29H34O16/c1-10-20(32)23(35)25(37)28(41-10)44-18-8-13-14(42-27(18)11-4-16(39-2)21(33)17(5-11)40-3)6-12(31)7-15(13)43-29-26(38)24(36)22(34)19(9-30)45-29/h4-8,10,19-20,22-26,28-30,32,34-38H,9H2,1-3H3,(H-,31,33)/p+1/t10-,19+,20+,22-,23-,24+,25+,26+,28+,29-/m1/s1. The zero-order valence-corrected chi connectivity index (χ0v) is 24.3. The number of methoxy groups -OCH3 is 2. The van der Waals surface area contributed by atoms with Gasteiger partial charge in [0.1, 0.15) is 59.6 Å².